The molecule has 0 atom stereocenters. The molecule has 2 heteroatoms. The van der Waals surface area contributed by atoms with Gasteiger partial charge in [-0.15, -0.1) is 0 Å². The molecule has 0 heterocycles. The second-order valence-corrected chi connectivity index (χ2v) is 28.3. The van der Waals surface area contributed by atoms with E-state index in [0.29, 0.717) is 0 Å². The maximum absolute atomic E-state index is 4.96. The molecule has 0 aliphatic heterocycles. The smallest absolute Gasteiger partial charge is 0.0464 e. The molecule has 0 radical (unpaired) electrons. The molecule has 0 bridgehead atoms. The van der Waals surface area contributed by atoms with Gasteiger partial charge in [-0.2, -0.15) is 0 Å². The van der Waals surface area contributed by atoms with Crippen LogP contribution in [0.1, 0.15) is 126 Å². The number of anilines is 6. The average molecular weight is 1170 g/mol. The predicted octanol–water partition coefficient (Wildman–Crippen LogP) is 24.4. The van der Waals surface area contributed by atoms with Crippen LogP contribution >= 0.6 is 0 Å². The van der Waals surface area contributed by atoms with Gasteiger partial charge in [-0.3, -0.25) is 0 Å². The van der Waals surface area contributed by atoms with Crippen LogP contribution in [0.5, 0.6) is 0 Å². The first kappa shape index (κ1) is 60.5. The lowest BCUT2D eigenvalue weighted by Crippen LogP contribution is -2.22. The minimum Gasteiger partial charge on any atom is -0.311 e. The van der Waals surface area contributed by atoms with Crippen molar-refractivity contribution in [2.45, 2.75) is 98.8 Å². The van der Waals surface area contributed by atoms with E-state index in [1.807, 2.05) is 0 Å². The van der Waals surface area contributed by atoms with Crippen molar-refractivity contribution in [2.75, 3.05) is 9.80 Å². The van der Waals surface area contributed by atoms with Crippen LogP contribution in [-0.4, -0.2) is 0 Å². The Labute approximate surface area is 535 Å². The van der Waals surface area contributed by atoms with Crippen molar-refractivity contribution in [3.05, 3.63) is 310 Å². The Morgan fingerprint density at radius 1 is 0.333 bits per heavy atom. The summed E-state index contributed by atoms with van der Waals surface area (Å²) in [6.07, 6.45) is 14.3. The maximum atomic E-state index is 4.96. The maximum Gasteiger partial charge on any atom is 0.0464 e. The van der Waals surface area contributed by atoms with Gasteiger partial charge in [0.1, 0.15) is 0 Å². The molecule has 0 fully saturated rings. The van der Waals surface area contributed by atoms with Gasteiger partial charge in [-0.05, 0) is 218 Å². The highest BCUT2D eigenvalue weighted by Gasteiger charge is 2.27. The number of fused-ring (bicyclic) bond motifs is 2. The summed E-state index contributed by atoms with van der Waals surface area (Å²) in [5, 5.41) is 8.80. The van der Waals surface area contributed by atoms with E-state index in [2.05, 4.69) is 371 Å². The topological polar surface area (TPSA) is 6.48 Å². The van der Waals surface area contributed by atoms with Crippen LogP contribution in [0, 0.1) is 5.41 Å². The van der Waals surface area contributed by atoms with Gasteiger partial charge in [0, 0.05) is 34.1 Å². The minimum atomic E-state index is -0.214. The van der Waals surface area contributed by atoms with E-state index in [-0.39, 0.29) is 21.7 Å². The summed E-state index contributed by atoms with van der Waals surface area (Å²) in [6.45, 7) is 30.6. The Balaban J connectivity index is 0.762. The predicted molar refractivity (Wildman–Crippen MR) is 394 cm³/mol. The molecule has 2 nitrogen and oxygen atoms in total. The Kier molecular flexibility index (Phi) is 16.6. The number of rotatable bonds is 15. The molecule has 0 saturated carbocycles. The van der Waals surface area contributed by atoms with Crippen molar-refractivity contribution >= 4 is 103 Å². The highest BCUT2D eigenvalue weighted by atomic mass is 15.1. The average Bonchev–Trinajstić information content (AvgIpc) is 0.726. The van der Waals surface area contributed by atoms with Gasteiger partial charge in [-0.1, -0.05) is 277 Å². The van der Waals surface area contributed by atoms with Crippen LogP contribution in [0.4, 0.5) is 34.1 Å². The third-order valence-electron chi connectivity index (χ3n) is 17.7. The molecular weight excluding hydrogens is 1080 g/mol. The molecule has 446 valence electrons. The van der Waals surface area contributed by atoms with Crippen molar-refractivity contribution in [3.8, 4) is 11.1 Å². The first-order valence-electron chi connectivity index (χ1n) is 31.9. The van der Waals surface area contributed by atoms with E-state index in [9.17, 15) is 0 Å². The van der Waals surface area contributed by atoms with Crippen molar-refractivity contribution < 1.29 is 0 Å². The monoisotopic (exact) mass is 1170 g/mol. The van der Waals surface area contributed by atoms with Gasteiger partial charge >= 0.3 is 0 Å². The first-order chi connectivity index (χ1) is 43.1. The Morgan fingerprint density at radius 3 is 1.16 bits per heavy atom. The first-order valence-corrected chi connectivity index (χ1v) is 31.9. The summed E-state index contributed by atoms with van der Waals surface area (Å²) >= 11 is 0. The van der Waals surface area contributed by atoms with Gasteiger partial charge in [0.25, 0.3) is 0 Å². The number of nitrogens with zero attached hydrogens (tertiary/aromatic N) is 2. The van der Waals surface area contributed by atoms with Crippen molar-refractivity contribution in [2.24, 2.45) is 5.41 Å². The molecule has 0 spiro atoms. The van der Waals surface area contributed by atoms with Crippen LogP contribution < -0.4 is 15.0 Å². The van der Waals surface area contributed by atoms with E-state index >= 15 is 0 Å². The molecule has 0 amide bonds. The minimum absolute atomic E-state index is 0.0198. The van der Waals surface area contributed by atoms with Crippen LogP contribution in [0.3, 0.4) is 0 Å². The second kappa shape index (κ2) is 24.7. The zero-order valence-electron chi connectivity index (χ0n) is 54.4. The summed E-state index contributed by atoms with van der Waals surface area (Å²) in [5.41, 5.74) is 20.0. The van der Waals surface area contributed by atoms with Gasteiger partial charge in [0.05, 0.1) is 0 Å². The molecule has 12 aromatic carbocycles. The fraction of sp³-hybridized carbons (Fsp3) is 0.182. The van der Waals surface area contributed by atoms with Crippen molar-refractivity contribution in [3.63, 3.8) is 0 Å². The lowest BCUT2D eigenvalue weighted by Gasteiger charge is -2.30. The van der Waals surface area contributed by atoms with E-state index in [0.717, 1.165) is 68.0 Å². The zero-order chi connectivity index (χ0) is 63.0. The van der Waals surface area contributed by atoms with Crippen LogP contribution in [0.25, 0.3) is 80.4 Å². The molecule has 0 aliphatic rings. The normalized spacial score (nSPS) is 12.6. The summed E-state index contributed by atoms with van der Waals surface area (Å²) in [6, 6.07) is 91.1. The molecule has 0 aliphatic carbocycles. The number of para-hydroxylation sites is 3. The Hall–Kier alpha value is -9.76. The van der Waals surface area contributed by atoms with Gasteiger partial charge < -0.3 is 9.80 Å². The summed E-state index contributed by atoms with van der Waals surface area (Å²) in [7, 11) is 0. The van der Waals surface area contributed by atoms with Gasteiger partial charge in [0.2, 0.25) is 0 Å². The fourth-order valence-corrected chi connectivity index (χ4v) is 12.5. The highest BCUT2D eigenvalue weighted by molar-refractivity contribution is 6.23. The summed E-state index contributed by atoms with van der Waals surface area (Å²) in [5.74, 6) is 0. The second-order valence-electron chi connectivity index (χ2n) is 28.3. The van der Waals surface area contributed by atoms with E-state index in [1.54, 1.807) is 0 Å². The molecule has 90 heavy (non-hydrogen) atoms. The quantitative estimate of drug-likeness (QED) is 0.0573. The van der Waals surface area contributed by atoms with E-state index < -0.39 is 0 Å². The molecule has 0 saturated heterocycles. The van der Waals surface area contributed by atoms with E-state index in [4.69, 9.17) is 6.58 Å². The number of benzene rings is 12. The molecule has 12 rings (SSSR count). The van der Waals surface area contributed by atoms with Crippen molar-refractivity contribution in [1.82, 2.24) is 0 Å². The third kappa shape index (κ3) is 13.3. The Bertz CT molecular complexity index is 4600. The van der Waals surface area contributed by atoms with Crippen molar-refractivity contribution in [1.29, 1.82) is 0 Å². The fourth-order valence-electron chi connectivity index (χ4n) is 12.5. The van der Waals surface area contributed by atoms with Gasteiger partial charge in [0.15, 0.2) is 0 Å². The highest BCUT2D eigenvalue weighted by Crippen LogP contribution is 2.43. The molecule has 0 aromatic heterocycles. The lowest BCUT2D eigenvalue weighted by molar-refractivity contribution is 0.523. The van der Waals surface area contributed by atoms with Crippen LogP contribution in [-0.2, 0) is 22.7 Å². The molecular formula is C88H84N2. The zero-order valence-corrected chi connectivity index (χ0v) is 54.4. The number of hydrogen-bond donors (Lipinski definition) is 0. The van der Waals surface area contributed by atoms with Crippen LogP contribution in [0.15, 0.2) is 255 Å². The molecule has 12 aromatic rings. The number of hydrogen-bond acceptors (Lipinski definition) is 2. The van der Waals surface area contributed by atoms with Gasteiger partial charge in [-0.25, -0.2) is 0 Å². The number of allylic oxidation sites excluding steroid dienone is 1. The summed E-state index contributed by atoms with van der Waals surface area (Å²) < 4.78 is 0. The Morgan fingerprint density at radius 2 is 0.711 bits per heavy atom. The largest absolute Gasteiger partial charge is 0.311 e. The lowest BCUT2D eigenvalue weighted by atomic mass is 9.75. The SMILES string of the molecule is C=c1c2cc(C(C)(C)Cc3cccc(N(c4ccccc4)c4ccc(/C=C/c5ccc(-c6ccc(/C=C/c7ccc(N(c8ccccc8)c8ccccc8)cc7)cc6)cc5)cc4)c3)cc3cc(C(C)(C)C)cc(c4cc(C(C)(C)C)cc(/C=C/C(C)(C)C)c14)c32. The molecule has 0 unspecified atom stereocenters. The third-order valence-corrected chi connectivity index (χ3v) is 17.7. The summed E-state index contributed by atoms with van der Waals surface area (Å²) in [4.78, 5) is 4.66. The molecule has 0 N–H and O–H groups in total. The van der Waals surface area contributed by atoms with Crippen LogP contribution in [0.2, 0.25) is 0 Å². The van der Waals surface area contributed by atoms with E-state index in [1.165, 1.54) is 71.3 Å². The standard InChI is InChI=1S/C88H84N2/c1-61-80-59-73(56-70-55-72(87(8,9)10)58-82(84(70)80)81-57-71(86(5,6)7)54-69(83(61)81)51-52-85(2,3)4)88(11,12)60-66-23-22-30-79(53-66)90(76-28-20-15-21-29-76)78-49-41-65(42-50-78)34-32-63-37-45-68(46-38-63)67-43-35-62(36-44-67)31-33-64-39-47-77(48-40-64)89(74-24-16-13-17-25-74)75-26-18-14-19-27-75/h13-59H,1,60H2,2-12H3/b33-31+,34-32+,52-51+.